The highest BCUT2D eigenvalue weighted by molar-refractivity contribution is 5.85. The first-order chi connectivity index (χ1) is 6.75. The number of rotatable bonds is 6. The lowest BCUT2D eigenvalue weighted by molar-refractivity contribution is -0.127. The molecule has 4 nitrogen and oxygen atoms in total. The number of amides is 1. The normalized spacial score (nSPS) is 14.9. The van der Waals surface area contributed by atoms with Gasteiger partial charge in [-0.3, -0.25) is 4.79 Å². The molecule has 0 rings (SSSR count). The Morgan fingerprint density at radius 2 is 1.88 bits per heavy atom. The Hall–Kier alpha value is -0.320. The third kappa shape index (κ3) is 6.30. The van der Waals surface area contributed by atoms with Gasteiger partial charge in [-0.2, -0.15) is 0 Å². The Balaban J connectivity index is 0. The zero-order valence-corrected chi connectivity index (χ0v) is 11.7. The molecule has 0 aliphatic heterocycles. The van der Waals surface area contributed by atoms with E-state index in [-0.39, 0.29) is 23.9 Å². The number of nitrogens with one attached hydrogen (secondary N) is 1. The van der Waals surface area contributed by atoms with Crippen LogP contribution in [0.4, 0.5) is 0 Å². The molecule has 1 amide bonds. The maximum atomic E-state index is 11.7. The highest BCUT2D eigenvalue weighted by Crippen LogP contribution is 2.10. The number of halogens is 1. The summed E-state index contributed by atoms with van der Waals surface area (Å²) in [5.74, 6) is -0.116. The average Bonchev–Trinajstić information content (AvgIpc) is 2.14. The van der Waals surface area contributed by atoms with Gasteiger partial charge in [0, 0.05) is 13.7 Å². The number of ether oxygens (including phenoxy) is 1. The monoisotopic (exact) mass is 252 g/mol. The molecule has 0 aromatic carbocycles. The van der Waals surface area contributed by atoms with Gasteiger partial charge in [-0.25, -0.2) is 0 Å². The van der Waals surface area contributed by atoms with Gasteiger partial charge in [-0.05, 0) is 27.2 Å². The number of hydrogen-bond donors (Lipinski definition) is 2. The van der Waals surface area contributed by atoms with Gasteiger partial charge in [0.25, 0.3) is 0 Å². The third-order valence-electron chi connectivity index (χ3n) is 2.52. The lowest BCUT2D eigenvalue weighted by Crippen LogP contribution is -2.54. The number of methoxy groups -OCH3 is 1. The molecule has 0 aromatic heterocycles. The fraction of sp³-hybridized carbons (Fsp3) is 0.909. The van der Waals surface area contributed by atoms with Crippen LogP contribution in [0, 0.1) is 0 Å². The molecule has 0 radical (unpaired) electrons. The zero-order chi connectivity index (χ0) is 12.1. The smallest absolute Gasteiger partial charge is 0.239 e. The van der Waals surface area contributed by atoms with Crippen molar-refractivity contribution in [3.63, 3.8) is 0 Å². The second-order valence-corrected chi connectivity index (χ2v) is 4.81. The lowest BCUT2D eigenvalue weighted by Gasteiger charge is -2.27. The molecule has 3 N–H and O–H groups in total. The van der Waals surface area contributed by atoms with Gasteiger partial charge in [-0.15, -0.1) is 12.4 Å². The minimum absolute atomic E-state index is 0. The standard InChI is InChI=1S/C11H24N2O2.ClH/c1-6-7-11(4,12)9(14)13-8-10(2,3)15-5;/h6-8,12H2,1-5H3,(H,13,14);1H. The van der Waals surface area contributed by atoms with Crippen molar-refractivity contribution in [1.29, 1.82) is 0 Å². The van der Waals surface area contributed by atoms with E-state index in [4.69, 9.17) is 10.5 Å². The van der Waals surface area contributed by atoms with Crippen LogP contribution in [-0.4, -0.2) is 30.7 Å². The first-order valence-electron chi connectivity index (χ1n) is 5.37. The maximum Gasteiger partial charge on any atom is 0.239 e. The van der Waals surface area contributed by atoms with E-state index in [9.17, 15) is 4.79 Å². The van der Waals surface area contributed by atoms with E-state index in [0.717, 1.165) is 6.42 Å². The van der Waals surface area contributed by atoms with Crippen LogP contribution in [0.15, 0.2) is 0 Å². The van der Waals surface area contributed by atoms with Crippen LogP contribution in [-0.2, 0) is 9.53 Å². The molecule has 0 aliphatic carbocycles. The summed E-state index contributed by atoms with van der Waals surface area (Å²) in [6, 6.07) is 0. The summed E-state index contributed by atoms with van der Waals surface area (Å²) in [5.41, 5.74) is 4.76. The summed E-state index contributed by atoms with van der Waals surface area (Å²) in [5, 5.41) is 2.81. The molecular weight excluding hydrogens is 228 g/mol. The molecule has 5 heteroatoms. The second kappa shape index (κ2) is 7.09. The van der Waals surface area contributed by atoms with Crippen molar-refractivity contribution < 1.29 is 9.53 Å². The molecule has 1 unspecified atom stereocenters. The summed E-state index contributed by atoms with van der Waals surface area (Å²) < 4.78 is 5.21. The summed E-state index contributed by atoms with van der Waals surface area (Å²) in [6.07, 6.45) is 1.58. The molecule has 0 aromatic rings. The minimum Gasteiger partial charge on any atom is -0.377 e. The van der Waals surface area contributed by atoms with Gasteiger partial charge >= 0.3 is 0 Å². The molecule has 0 saturated heterocycles. The largest absolute Gasteiger partial charge is 0.377 e. The number of nitrogens with two attached hydrogens (primary N) is 1. The van der Waals surface area contributed by atoms with Gasteiger partial charge in [0.2, 0.25) is 5.91 Å². The fourth-order valence-electron chi connectivity index (χ4n) is 1.20. The van der Waals surface area contributed by atoms with E-state index in [1.165, 1.54) is 0 Å². The highest BCUT2D eigenvalue weighted by atomic mass is 35.5. The first-order valence-corrected chi connectivity index (χ1v) is 5.37. The van der Waals surface area contributed by atoms with E-state index in [1.54, 1.807) is 14.0 Å². The molecule has 0 heterocycles. The lowest BCUT2D eigenvalue weighted by atomic mass is 9.96. The van der Waals surface area contributed by atoms with Crippen molar-refractivity contribution in [3.05, 3.63) is 0 Å². The molecule has 0 aliphatic rings. The van der Waals surface area contributed by atoms with Crippen molar-refractivity contribution in [3.8, 4) is 0 Å². The van der Waals surface area contributed by atoms with Crippen LogP contribution < -0.4 is 11.1 Å². The molecule has 0 fully saturated rings. The quantitative estimate of drug-likeness (QED) is 0.753. The third-order valence-corrected chi connectivity index (χ3v) is 2.52. The Bertz CT molecular complexity index is 218. The van der Waals surface area contributed by atoms with Gasteiger partial charge < -0.3 is 15.8 Å². The zero-order valence-electron chi connectivity index (χ0n) is 10.9. The molecule has 0 spiro atoms. The van der Waals surface area contributed by atoms with Crippen molar-refractivity contribution >= 4 is 18.3 Å². The molecule has 98 valence electrons. The van der Waals surface area contributed by atoms with E-state index in [2.05, 4.69) is 5.32 Å². The van der Waals surface area contributed by atoms with Crippen LogP contribution in [0.3, 0.4) is 0 Å². The SMILES string of the molecule is CCCC(C)(N)C(=O)NCC(C)(C)OC.Cl. The van der Waals surface area contributed by atoms with Crippen molar-refractivity contribution in [1.82, 2.24) is 5.32 Å². The molecule has 16 heavy (non-hydrogen) atoms. The Morgan fingerprint density at radius 1 is 1.38 bits per heavy atom. The highest BCUT2D eigenvalue weighted by Gasteiger charge is 2.28. The van der Waals surface area contributed by atoms with Gasteiger partial charge in [0.15, 0.2) is 0 Å². The molecule has 1 atom stereocenters. The van der Waals surface area contributed by atoms with E-state index < -0.39 is 5.54 Å². The Morgan fingerprint density at radius 3 is 2.25 bits per heavy atom. The maximum absolute atomic E-state index is 11.7. The number of hydrogen-bond acceptors (Lipinski definition) is 3. The Labute approximate surface area is 105 Å². The number of carbonyl (C=O) groups is 1. The van der Waals surface area contributed by atoms with Crippen LogP contribution >= 0.6 is 12.4 Å². The molecular formula is C11H25ClN2O2. The van der Waals surface area contributed by atoms with E-state index in [0.29, 0.717) is 13.0 Å². The van der Waals surface area contributed by atoms with Crippen LogP contribution in [0.2, 0.25) is 0 Å². The predicted molar refractivity (Wildman–Crippen MR) is 68.8 cm³/mol. The number of carbonyl (C=O) groups excluding carboxylic acids is 1. The molecule has 0 saturated carbocycles. The van der Waals surface area contributed by atoms with Crippen LogP contribution in [0.5, 0.6) is 0 Å². The topological polar surface area (TPSA) is 64.4 Å². The average molecular weight is 253 g/mol. The van der Waals surface area contributed by atoms with Crippen molar-refractivity contribution in [2.24, 2.45) is 5.73 Å². The van der Waals surface area contributed by atoms with E-state index in [1.807, 2.05) is 20.8 Å². The van der Waals surface area contributed by atoms with Crippen molar-refractivity contribution in [2.45, 2.75) is 51.7 Å². The summed E-state index contributed by atoms with van der Waals surface area (Å²) >= 11 is 0. The van der Waals surface area contributed by atoms with E-state index >= 15 is 0 Å². The van der Waals surface area contributed by atoms with Crippen molar-refractivity contribution in [2.75, 3.05) is 13.7 Å². The minimum atomic E-state index is -0.779. The first kappa shape index (κ1) is 18.1. The second-order valence-electron chi connectivity index (χ2n) is 4.81. The van der Waals surface area contributed by atoms with Gasteiger partial charge in [0.1, 0.15) is 0 Å². The van der Waals surface area contributed by atoms with Gasteiger partial charge in [0.05, 0.1) is 11.1 Å². The summed E-state index contributed by atoms with van der Waals surface area (Å²) in [6.45, 7) is 8.07. The fourth-order valence-corrected chi connectivity index (χ4v) is 1.20. The van der Waals surface area contributed by atoms with Gasteiger partial charge in [-0.1, -0.05) is 13.3 Å². The Kier molecular flexibility index (Phi) is 8.00. The van der Waals surface area contributed by atoms with Crippen LogP contribution in [0.1, 0.15) is 40.5 Å². The summed E-state index contributed by atoms with van der Waals surface area (Å²) in [7, 11) is 1.62. The van der Waals surface area contributed by atoms with Crippen LogP contribution in [0.25, 0.3) is 0 Å². The predicted octanol–water partition coefficient (Wildman–Crippen LogP) is 1.47. The summed E-state index contributed by atoms with van der Waals surface area (Å²) in [4.78, 5) is 11.7. The molecule has 0 bridgehead atoms.